The number of carbonyl (C=O) groups is 1. The Morgan fingerprint density at radius 3 is 2.50 bits per heavy atom. The average Bonchev–Trinajstić information content (AvgIpc) is 2.29. The SMILES string of the molecule is C=CCN(Cc1ccc(OC)cc1)C(C)=O. The molecule has 86 valence electrons. The van der Waals surface area contributed by atoms with Crippen LogP contribution in [-0.4, -0.2) is 24.5 Å². The maximum absolute atomic E-state index is 11.3. The number of ether oxygens (including phenoxy) is 1. The fraction of sp³-hybridized carbons (Fsp3) is 0.308. The Hall–Kier alpha value is -1.77. The van der Waals surface area contributed by atoms with Gasteiger partial charge < -0.3 is 9.64 Å². The summed E-state index contributed by atoms with van der Waals surface area (Å²) in [4.78, 5) is 13.0. The van der Waals surface area contributed by atoms with E-state index in [0.29, 0.717) is 13.1 Å². The number of amides is 1. The molecule has 3 nitrogen and oxygen atoms in total. The monoisotopic (exact) mass is 219 g/mol. The third kappa shape index (κ3) is 3.42. The second-order valence-electron chi connectivity index (χ2n) is 3.54. The smallest absolute Gasteiger partial charge is 0.220 e. The van der Waals surface area contributed by atoms with Crippen molar-refractivity contribution in [2.24, 2.45) is 0 Å². The summed E-state index contributed by atoms with van der Waals surface area (Å²) >= 11 is 0. The lowest BCUT2D eigenvalue weighted by Crippen LogP contribution is -2.28. The predicted molar refractivity (Wildman–Crippen MR) is 64.3 cm³/mol. The molecular weight excluding hydrogens is 202 g/mol. The van der Waals surface area contributed by atoms with Crippen LogP contribution < -0.4 is 4.74 Å². The van der Waals surface area contributed by atoms with Crippen LogP contribution in [0.2, 0.25) is 0 Å². The largest absolute Gasteiger partial charge is 0.497 e. The molecule has 1 aromatic rings. The Kier molecular flexibility index (Phi) is 4.58. The van der Waals surface area contributed by atoms with E-state index in [0.717, 1.165) is 11.3 Å². The van der Waals surface area contributed by atoms with Gasteiger partial charge in [-0.1, -0.05) is 18.2 Å². The van der Waals surface area contributed by atoms with Crippen molar-refractivity contribution in [3.8, 4) is 5.75 Å². The molecule has 0 spiro atoms. The molecule has 1 rings (SSSR count). The molecule has 0 heterocycles. The lowest BCUT2D eigenvalue weighted by molar-refractivity contribution is -0.128. The van der Waals surface area contributed by atoms with Gasteiger partial charge in [-0.15, -0.1) is 6.58 Å². The van der Waals surface area contributed by atoms with Gasteiger partial charge in [-0.05, 0) is 17.7 Å². The van der Waals surface area contributed by atoms with Gasteiger partial charge in [0.15, 0.2) is 0 Å². The summed E-state index contributed by atoms with van der Waals surface area (Å²) < 4.78 is 5.07. The molecule has 16 heavy (non-hydrogen) atoms. The van der Waals surface area contributed by atoms with Crippen LogP contribution in [0.5, 0.6) is 5.75 Å². The highest BCUT2D eigenvalue weighted by Gasteiger charge is 2.07. The van der Waals surface area contributed by atoms with Crippen LogP contribution in [0, 0.1) is 0 Å². The van der Waals surface area contributed by atoms with Crippen LogP contribution in [0.25, 0.3) is 0 Å². The molecule has 1 aromatic carbocycles. The van der Waals surface area contributed by atoms with E-state index in [2.05, 4.69) is 6.58 Å². The van der Waals surface area contributed by atoms with Gasteiger partial charge in [0.05, 0.1) is 7.11 Å². The Bertz CT molecular complexity index is 357. The lowest BCUT2D eigenvalue weighted by atomic mass is 10.2. The van der Waals surface area contributed by atoms with Gasteiger partial charge >= 0.3 is 0 Å². The summed E-state index contributed by atoms with van der Waals surface area (Å²) in [6, 6.07) is 7.69. The fourth-order valence-electron chi connectivity index (χ4n) is 1.41. The first-order chi connectivity index (χ1) is 7.67. The number of methoxy groups -OCH3 is 1. The Balaban J connectivity index is 2.69. The van der Waals surface area contributed by atoms with Gasteiger partial charge in [0, 0.05) is 20.0 Å². The number of carbonyl (C=O) groups excluding carboxylic acids is 1. The van der Waals surface area contributed by atoms with Crippen molar-refractivity contribution in [3.63, 3.8) is 0 Å². The van der Waals surface area contributed by atoms with Crippen molar-refractivity contribution < 1.29 is 9.53 Å². The van der Waals surface area contributed by atoms with Crippen molar-refractivity contribution in [3.05, 3.63) is 42.5 Å². The molecule has 0 N–H and O–H groups in total. The summed E-state index contributed by atoms with van der Waals surface area (Å²) in [6.07, 6.45) is 1.73. The molecular formula is C13H17NO2. The third-order valence-corrected chi connectivity index (χ3v) is 2.33. The minimum Gasteiger partial charge on any atom is -0.497 e. The van der Waals surface area contributed by atoms with Gasteiger partial charge in [-0.2, -0.15) is 0 Å². The predicted octanol–water partition coefficient (Wildman–Crippen LogP) is 2.23. The lowest BCUT2D eigenvalue weighted by Gasteiger charge is -2.19. The van der Waals surface area contributed by atoms with E-state index in [1.54, 1.807) is 25.0 Å². The van der Waals surface area contributed by atoms with Gasteiger partial charge in [-0.25, -0.2) is 0 Å². The maximum atomic E-state index is 11.3. The molecule has 0 aromatic heterocycles. The third-order valence-electron chi connectivity index (χ3n) is 2.33. The van der Waals surface area contributed by atoms with Crippen LogP contribution in [0.4, 0.5) is 0 Å². The summed E-state index contributed by atoms with van der Waals surface area (Å²) in [5.41, 5.74) is 1.08. The number of hydrogen-bond donors (Lipinski definition) is 0. The van der Waals surface area contributed by atoms with E-state index in [1.165, 1.54) is 0 Å². The van der Waals surface area contributed by atoms with Crippen molar-refractivity contribution >= 4 is 5.91 Å². The molecule has 0 radical (unpaired) electrons. The summed E-state index contributed by atoms with van der Waals surface area (Å²) in [5.74, 6) is 0.873. The first-order valence-electron chi connectivity index (χ1n) is 5.16. The van der Waals surface area contributed by atoms with Crippen molar-refractivity contribution in [1.29, 1.82) is 0 Å². The Morgan fingerprint density at radius 1 is 1.44 bits per heavy atom. The van der Waals surface area contributed by atoms with Crippen LogP contribution in [0.1, 0.15) is 12.5 Å². The molecule has 0 saturated heterocycles. The highest BCUT2D eigenvalue weighted by atomic mass is 16.5. The highest BCUT2D eigenvalue weighted by molar-refractivity contribution is 5.73. The van der Waals surface area contributed by atoms with E-state index in [4.69, 9.17) is 4.74 Å². The molecule has 0 aliphatic rings. The minimum absolute atomic E-state index is 0.0516. The van der Waals surface area contributed by atoms with Crippen LogP contribution in [0.3, 0.4) is 0 Å². The van der Waals surface area contributed by atoms with Crippen LogP contribution in [-0.2, 0) is 11.3 Å². The minimum atomic E-state index is 0.0516. The Morgan fingerprint density at radius 2 is 2.06 bits per heavy atom. The van der Waals surface area contributed by atoms with Crippen molar-refractivity contribution in [2.75, 3.05) is 13.7 Å². The first-order valence-corrected chi connectivity index (χ1v) is 5.16. The second-order valence-corrected chi connectivity index (χ2v) is 3.54. The van der Waals surface area contributed by atoms with E-state index in [-0.39, 0.29) is 5.91 Å². The second kappa shape index (κ2) is 5.95. The van der Waals surface area contributed by atoms with Gasteiger partial charge in [0.1, 0.15) is 5.75 Å². The molecule has 0 atom stereocenters. The number of hydrogen-bond acceptors (Lipinski definition) is 2. The molecule has 0 aliphatic heterocycles. The standard InChI is InChI=1S/C13H17NO2/c1-4-9-14(11(2)15)10-12-5-7-13(16-3)8-6-12/h4-8H,1,9-10H2,2-3H3. The number of rotatable bonds is 5. The zero-order chi connectivity index (χ0) is 12.0. The van der Waals surface area contributed by atoms with Gasteiger partial charge in [0.2, 0.25) is 5.91 Å². The van der Waals surface area contributed by atoms with Crippen LogP contribution in [0.15, 0.2) is 36.9 Å². The van der Waals surface area contributed by atoms with E-state index >= 15 is 0 Å². The normalized spacial score (nSPS) is 9.62. The van der Waals surface area contributed by atoms with Gasteiger partial charge in [-0.3, -0.25) is 4.79 Å². The zero-order valence-corrected chi connectivity index (χ0v) is 9.77. The van der Waals surface area contributed by atoms with E-state index in [9.17, 15) is 4.79 Å². The van der Waals surface area contributed by atoms with Crippen molar-refractivity contribution in [1.82, 2.24) is 4.90 Å². The topological polar surface area (TPSA) is 29.5 Å². The molecule has 0 saturated carbocycles. The average molecular weight is 219 g/mol. The molecule has 3 heteroatoms. The maximum Gasteiger partial charge on any atom is 0.220 e. The molecule has 0 unspecified atom stereocenters. The van der Waals surface area contributed by atoms with E-state index < -0.39 is 0 Å². The van der Waals surface area contributed by atoms with Crippen LogP contribution >= 0.6 is 0 Å². The Labute approximate surface area is 96.3 Å². The molecule has 0 bridgehead atoms. The van der Waals surface area contributed by atoms with Crippen molar-refractivity contribution in [2.45, 2.75) is 13.5 Å². The van der Waals surface area contributed by atoms with E-state index in [1.807, 2.05) is 24.3 Å². The number of nitrogens with zero attached hydrogens (tertiary/aromatic N) is 1. The summed E-state index contributed by atoms with van der Waals surface area (Å²) in [7, 11) is 1.63. The summed E-state index contributed by atoms with van der Waals surface area (Å²) in [6.45, 7) is 6.37. The molecule has 0 aliphatic carbocycles. The fourth-order valence-corrected chi connectivity index (χ4v) is 1.41. The summed E-state index contributed by atoms with van der Waals surface area (Å²) in [5, 5.41) is 0. The molecule has 0 fully saturated rings. The quantitative estimate of drug-likeness (QED) is 0.711. The number of benzene rings is 1. The van der Waals surface area contributed by atoms with Gasteiger partial charge in [0.25, 0.3) is 0 Å². The highest BCUT2D eigenvalue weighted by Crippen LogP contribution is 2.13. The first kappa shape index (κ1) is 12.3. The molecule has 1 amide bonds. The zero-order valence-electron chi connectivity index (χ0n) is 9.77.